The van der Waals surface area contributed by atoms with E-state index in [2.05, 4.69) is 9.97 Å². The van der Waals surface area contributed by atoms with Crippen LogP contribution in [-0.2, 0) is 12.8 Å². The van der Waals surface area contributed by atoms with E-state index in [4.69, 9.17) is 5.26 Å². The van der Waals surface area contributed by atoms with Crippen molar-refractivity contribution >= 4 is 5.78 Å². The molecule has 0 atom stereocenters. The maximum atomic E-state index is 13.2. The Kier molecular flexibility index (Phi) is 5.09. The van der Waals surface area contributed by atoms with Crippen molar-refractivity contribution in [1.29, 1.82) is 5.26 Å². The van der Waals surface area contributed by atoms with E-state index in [0.29, 0.717) is 23.2 Å². The quantitative estimate of drug-likeness (QED) is 0.660. The lowest BCUT2D eigenvalue weighted by Crippen LogP contribution is -2.06. The molecular formula is C20H13F2N3O. The molecule has 6 heteroatoms. The maximum Gasteiger partial charge on any atom is 0.170 e. The van der Waals surface area contributed by atoms with Crippen LogP contribution < -0.4 is 0 Å². The molecule has 0 unspecified atom stereocenters. The van der Waals surface area contributed by atoms with Crippen LogP contribution in [0.2, 0.25) is 0 Å². The second-order valence-electron chi connectivity index (χ2n) is 5.73. The fourth-order valence-corrected chi connectivity index (χ4v) is 2.44. The normalized spacial score (nSPS) is 10.3. The molecule has 3 rings (SSSR count). The summed E-state index contributed by atoms with van der Waals surface area (Å²) in [4.78, 5) is 20.3. The molecule has 0 aliphatic heterocycles. The van der Waals surface area contributed by atoms with Gasteiger partial charge in [0.15, 0.2) is 17.4 Å². The molecule has 128 valence electrons. The van der Waals surface area contributed by atoms with Crippen molar-refractivity contribution in [2.75, 3.05) is 0 Å². The highest BCUT2D eigenvalue weighted by Gasteiger charge is 2.09. The highest BCUT2D eigenvalue weighted by atomic mass is 19.2. The SMILES string of the molecule is N#Cc1ccc(C(=O)Cc2ccc(Cc3ccc(F)c(F)c3)cn2)cn1. The Morgan fingerprint density at radius 3 is 2.38 bits per heavy atom. The Labute approximate surface area is 148 Å². The standard InChI is InChI=1S/C20H13F2N3O/c21-18-6-2-13(8-19(18)22)7-14-1-4-16(24-11-14)9-20(26)15-3-5-17(10-23)25-12-15/h1-6,8,11-12H,7,9H2. The molecule has 0 saturated carbocycles. The first-order valence-corrected chi connectivity index (χ1v) is 7.82. The molecule has 2 heterocycles. The van der Waals surface area contributed by atoms with E-state index in [1.165, 1.54) is 18.3 Å². The van der Waals surface area contributed by atoms with Gasteiger partial charge in [-0.2, -0.15) is 5.26 Å². The van der Waals surface area contributed by atoms with Gasteiger partial charge in [0.2, 0.25) is 0 Å². The Morgan fingerprint density at radius 2 is 1.77 bits per heavy atom. The zero-order valence-corrected chi connectivity index (χ0v) is 13.6. The number of benzene rings is 1. The number of ketones is 1. The lowest BCUT2D eigenvalue weighted by molar-refractivity contribution is 0.0991. The summed E-state index contributed by atoms with van der Waals surface area (Å²) in [5.41, 5.74) is 2.72. The molecule has 0 spiro atoms. The van der Waals surface area contributed by atoms with Crippen molar-refractivity contribution in [3.8, 4) is 6.07 Å². The maximum absolute atomic E-state index is 13.2. The van der Waals surface area contributed by atoms with Crippen LogP contribution in [0, 0.1) is 23.0 Å². The first-order valence-electron chi connectivity index (χ1n) is 7.82. The smallest absolute Gasteiger partial charge is 0.170 e. The fourth-order valence-electron chi connectivity index (χ4n) is 2.44. The number of nitrogens with zero attached hydrogens (tertiary/aromatic N) is 3. The van der Waals surface area contributed by atoms with Gasteiger partial charge in [-0.15, -0.1) is 0 Å². The molecular weight excluding hydrogens is 336 g/mol. The lowest BCUT2D eigenvalue weighted by Gasteiger charge is -2.05. The molecule has 0 bridgehead atoms. The summed E-state index contributed by atoms with van der Waals surface area (Å²) in [7, 11) is 0. The van der Waals surface area contributed by atoms with Gasteiger partial charge in [0.1, 0.15) is 11.8 Å². The highest BCUT2D eigenvalue weighted by Crippen LogP contribution is 2.14. The second kappa shape index (κ2) is 7.62. The largest absolute Gasteiger partial charge is 0.294 e. The molecule has 1 aromatic carbocycles. The summed E-state index contributed by atoms with van der Waals surface area (Å²) in [5.74, 6) is -1.91. The second-order valence-corrected chi connectivity index (χ2v) is 5.73. The molecule has 0 saturated heterocycles. The van der Waals surface area contributed by atoms with Gasteiger partial charge in [0.05, 0.1) is 6.42 Å². The predicted molar refractivity (Wildman–Crippen MR) is 90.4 cm³/mol. The van der Waals surface area contributed by atoms with Gasteiger partial charge < -0.3 is 0 Å². The average molecular weight is 349 g/mol. The Hall–Kier alpha value is -3.46. The number of hydrogen-bond acceptors (Lipinski definition) is 4. The van der Waals surface area contributed by atoms with Crippen LogP contribution in [0.5, 0.6) is 0 Å². The molecule has 26 heavy (non-hydrogen) atoms. The van der Waals surface area contributed by atoms with Crippen LogP contribution in [-0.4, -0.2) is 15.8 Å². The highest BCUT2D eigenvalue weighted by molar-refractivity contribution is 5.97. The molecule has 2 aromatic heterocycles. The Morgan fingerprint density at radius 1 is 0.962 bits per heavy atom. The van der Waals surface area contributed by atoms with Crippen LogP contribution in [0.1, 0.15) is 32.9 Å². The zero-order chi connectivity index (χ0) is 18.5. The monoisotopic (exact) mass is 349 g/mol. The molecule has 0 aliphatic carbocycles. The van der Waals surface area contributed by atoms with Crippen molar-refractivity contribution in [2.24, 2.45) is 0 Å². The van der Waals surface area contributed by atoms with Crippen molar-refractivity contribution in [2.45, 2.75) is 12.8 Å². The third kappa shape index (κ3) is 4.14. The topological polar surface area (TPSA) is 66.6 Å². The third-order valence-corrected chi connectivity index (χ3v) is 3.82. The van der Waals surface area contributed by atoms with Crippen LogP contribution in [0.15, 0.2) is 54.9 Å². The summed E-state index contributed by atoms with van der Waals surface area (Å²) in [6.45, 7) is 0. The summed E-state index contributed by atoms with van der Waals surface area (Å²) in [5, 5.41) is 8.72. The first-order chi connectivity index (χ1) is 12.5. The number of halogens is 2. The van der Waals surface area contributed by atoms with E-state index in [-0.39, 0.29) is 17.9 Å². The minimum Gasteiger partial charge on any atom is -0.294 e. The van der Waals surface area contributed by atoms with E-state index in [1.54, 1.807) is 24.4 Å². The molecule has 4 nitrogen and oxygen atoms in total. The van der Waals surface area contributed by atoms with Gasteiger partial charge in [-0.05, 0) is 47.9 Å². The fraction of sp³-hybridized carbons (Fsp3) is 0.100. The lowest BCUT2D eigenvalue weighted by atomic mass is 10.0. The zero-order valence-electron chi connectivity index (χ0n) is 13.6. The van der Waals surface area contributed by atoms with E-state index < -0.39 is 11.6 Å². The van der Waals surface area contributed by atoms with E-state index in [0.717, 1.165) is 17.7 Å². The van der Waals surface area contributed by atoms with E-state index in [9.17, 15) is 13.6 Å². The number of hydrogen-bond donors (Lipinski definition) is 0. The minimum atomic E-state index is -0.881. The average Bonchev–Trinajstić information content (AvgIpc) is 2.66. The number of Topliss-reactive ketones (excluding diaryl/α,β-unsaturated/α-hetero) is 1. The first kappa shape index (κ1) is 17.4. The molecule has 3 aromatic rings. The molecule has 0 N–H and O–H groups in total. The summed E-state index contributed by atoms with van der Waals surface area (Å²) >= 11 is 0. The summed E-state index contributed by atoms with van der Waals surface area (Å²) in [6, 6.07) is 12.2. The van der Waals surface area contributed by atoms with Gasteiger partial charge in [-0.25, -0.2) is 13.8 Å². The number of carbonyl (C=O) groups excluding carboxylic acids is 1. The molecule has 0 aliphatic rings. The van der Waals surface area contributed by atoms with Gasteiger partial charge in [0, 0.05) is 23.7 Å². The molecule has 0 radical (unpaired) electrons. The van der Waals surface area contributed by atoms with Crippen LogP contribution in [0.25, 0.3) is 0 Å². The predicted octanol–water partition coefficient (Wildman–Crippen LogP) is 3.64. The Balaban J connectivity index is 1.66. The van der Waals surface area contributed by atoms with E-state index >= 15 is 0 Å². The van der Waals surface area contributed by atoms with Crippen LogP contribution >= 0.6 is 0 Å². The van der Waals surface area contributed by atoms with Crippen molar-refractivity contribution in [3.05, 3.63) is 94.6 Å². The van der Waals surface area contributed by atoms with Gasteiger partial charge in [-0.3, -0.25) is 9.78 Å². The molecule has 0 fully saturated rings. The number of pyridine rings is 2. The van der Waals surface area contributed by atoms with E-state index in [1.807, 2.05) is 6.07 Å². The van der Waals surface area contributed by atoms with Crippen molar-refractivity contribution in [1.82, 2.24) is 9.97 Å². The number of aromatic nitrogens is 2. The number of nitriles is 1. The van der Waals surface area contributed by atoms with Gasteiger partial charge >= 0.3 is 0 Å². The Bertz CT molecular complexity index is 977. The van der Waals surface area contributed by atoms with Crippen LogP contribution in [0.4, 0.5) is 8.78 Å². The van der Waals surface area contributed by atoms with Crippen molar-refractivity contribution < 1.29 is 13.6 Å². The van der Waals surface area contributed by atoms with Crippen molar-refractivity contribution in [3.63, 3.8) is 0 Å². The molecule has 0 amide bonds. The van der Waals surface area contributed by atoms with Gasteiger partial charge in [0.25, 0.3) is 0 Å². The van der Waals surface area contributed by atoms with Crippen LogP contribution in [0.3, 0.4) is 0 Å². The third-order valence-electron chi connectivity index (χ3n) is 3.82. The summed E-state index contributed by atoms with van der Waals surface area (Å²) in [6.07, 6.45) is 3.51. The minimum absolute atomic E-state index is 0.110. The number of carbonyl (C=O) groups is 1. The van der Waals surface area contributed by atoms with Gasteiger partial charge in [-0.1, -0.05) is 12.1 Å². The summed E-state index contributed by atoms with van der Waals surface area (Å²) < 4.78 is 26.2. The number of rotatable bonds is 5.